The predicted octanol–water partition coefficient (Wildman–Crippen LogP) is 0.747. The largest absolute Gasteiger partial charge is 0.362 e. The summed E-state index contributed by atoms with van der Waals surface area (Å²) in [6.07, 6.45) is 2.01. The fraction of sp³-hybridized carbons (Fsp3) is 0.500. The van der Waals surface area contributed by atoms with Gasteiger partial charge in [-0.3, -0.25) is 25.2 Å². The zero-order valence-corrected chi connectivity index (χ0v) is 15.0. The van der Waals surface area contributed by atoms with Crippen molar-refractivity contribution in [2.45, 2.75) is 39.7 Å². The molecule has 0 unspecified atom stereocenters. The van der Waals surface area contributed by atoms with Crippen molar-refractivity contribution in [3.63, 3.8) is 0 Å². The van der Waals surface area contributed by atoms with Crippen LogP contribution in [-0.2, 0) is 20.8 Å². The summed E-state index contributed by atoms with van der Waals surface area (Å²) in [7, 11) is 0. The maximum Gasteiger partial charge on any atom is 0.261 e. The number of hydrazine groups is 1. The highest BCUT2D eigenvalue weighted by molar-refractivity contribution is 5.89. The lowest BCUT2D eigenvalue weighted by Gasteiger charge is -2.30. The Hall–Kier alpha value is -2.57. The number of fused-ring (bicyclic) bond motifs is 1. The Labute approximate surface area is 148 Å². The number of nitrogens with one attached hydrogen (secondary N) is 3. The van der Waals surface area contributed by atoms with Gasteiger partial charge in [-0.05, 0) is 30.4 Å². The van der Waals surface area contributed by atoms with Gasteiger partial charge in [0.25, 0.3) is 11.8 Å². The zero-order chi connectivity index (χ0) is 18.4. The molecule has 0 spiro atoms. The highest BCUT2D eigenvalue weighted by Gasteiger charge is 2.24. The number of nitrogens with zero attached hydrogens (tertiary/aromatic N) is 1. The molecule has 0 saturated heterocycles. The maximum atomic E-state index is 12.2. The Kier molecular flexibility index (Phi) is 6.38. The Morgan fingerprint density at radius 2 is 1.88 bits per heavy atom. The van der Waals surface area contributed by atoms with Gasteiger partial charge in [0.2, 0.25) is 5.91 Å². The number of carbonyl (C=O) groups excluding carboxylic acids is 3. The van der Waals surface area contributed by atoms with Crippen molar-refractivity contribution in [2.75, 3.05) is 18.0 Å². The molecule has 1 heterocycles. The Morgan fingerprint density at radius 3 is 2.56 bits per heavy atom. The highest BCUT2D eigenvalue weighted by Crippen LogP contribution is 2.26. The fourth-order valence-corrected chi connectivity index (χ4v) is 2.95. The van der Waals surface area contributed by atoms with Crippen molar-refractivity contribution < 1.29 is 14.4 Å². The summed E-state index contributed by atoms with van der Waals surface area (Å²) in [4.78, 5) is 37.6. The summed E-state index contributed by atoms with van der Waals surface area (Å²) >= 11 is 0. The van der Waals surface area contributed by atoms with Crippen molar-refractivity contribution in [3.8, 4) is 0 Å². The van der Waals surface area contributed by atoms with Crippen molar-refractivity contribution >= 4 is 23.4 Å². The summed E-state index contributed by atoms with van der Waals surface area (Å²) in [6, 6.07) is 7.34. The van der Waals surface area contributed by atoms with E-state index in [1.54, 1.807) is 0 Å². The molecule has 0 saturated carbocycles. The summed E-state index contributed by atoms with van der Waals surface area (Å²) in [5.41, 5.74) is 7.14. The maximum absolute atomic E-state index is 12.2. The standard InChI is InChI=1S/C18H26N4O3/c1-12(2)17(19-13(3)23)18(25)21-20-16(24)11-22-10-6-8-14-7-4-5-9-15(14)22/h4-5,7,9,12,17H,6,8,10-11H2,1-3H3,(H,19,23)(H,20,24)(H,21,25)/t17-/m0/s1. The topological polar surface area (TPSA) is 90.5 Å². The minimum Gasteiger partial charge on any atom is -0.362 e. The molecule has 1 atom stereocenters. The third-order valence-electron chi connectivity index (χ3n) is 4.17. The van der Waals surface area contributed by atoms with E-state index >= 15 is 0 Å². The average molecular weight is 346 g/mol. The first-order valence-electron chi connectivity index (χ1n) is 8.57. The molecular weight excluding hydrogens is 320 g/mol. The van der Waals surface area contributed by atoms with Gasteiger partial charge in [0.1, 0.15) is 6.04 Å². The van der Waals surface area contributed by atoms with Gasteiger partial charge < -0.3 is 10.2 Å². The Morgan fingerprint density at radius 1 is 1.16 bits per heavy atom. The lowest BCUT2D eigenvalue weighted by atomic mass is 10.0. The van der Waals surface area contributed by atoms with Gasteiger partial charge in [-0.2, -0.15) is 0 Å². The molecule has 0 aliphatic carbocycles. The minimum atomic E-state index is -0.687. The highest BCUT2D eigenvalue weighted by atomic mass is 16.2. The second-order valence-corrected chi connectivity index (χ2v) is 6.61. The Bertz CT molecular complexity index is 645. The third-order valence-corrected chi connectivity index (χ3v) is 4.17. The summed E-state index contributed by atoms with van der Waals surface area (Å²) in [5.74, 6) is -1.10. The molecule has 0 bridgehead atoms. The zero-order valence-electron chi connectivity index (χ0n) is 15.0. The molecule has 136 valence electrons. The van der Waals surface area contributed by atoms with E-state index in [-0.39, 0.29) is 24.3 Å². The van der Waals surface area contributed by atoms with Gasteiger partial charge in [-0.15, -0.1) is 0 Å². The fourth-order valence-electron chi connectivity index (χ4n) is 2.95. The molecule has 0 fully saturated rings. The number of rotatable bonds is 5. The van der Waals surface area contributed by atoms with Crippen molar-refractivity contribution in [1.29, 1.82) is 0 Å². The number of para-hydroxylation sites is 1. The molecule has 3 amide bonds. The van der Waals surface area contributed by atoms with Crippen molar-refractivity contribution in [1.82, 2.24) is 16.2 Å². The second kappa shape index (κ2) is 8.50. The molecule has 7 nitrogen and oxygen atoms in total. The first-order chi connectivity index (χ1) is 11.9. The van der Waals surface area contributed by atoms with E-state index < -0.39 is 11.9 Å². The van der Waals surface area contributed by atoms with E-state index in [0.717, 1.165) is 25.1 Å². The molecule has 0 radical (unpaired) electrons. The van der Waals surface area contributed by atoms with Crippen LogP contribution < -0.4 is 21.1 Å². The van der Waals surface area contributed by atoms with E-state index in [1.165, 1.54) is 12.5 Å². The van der Waals surface area contributed by atoms with Crippen LogP contribution in [0.4, 0.5) is 5.69 Å². The number of hydrogen-bond acceptors (Lipinski definition) is 4. The van der Waals surface area contributed by atoms with Crippen molar-refractivity contribution in [3.05, 3.63) is 29.8 Å². The molecule has 1 aromatic rings. The quantitative estimate of drug-likeness (QED) is 0.686. The SMILES string of the molecule is CC(=O)N[C@H](C(=O)NNC(=O)CN1CCCc2ccccc21)C(C)C. The summed E-state index contributed by atoms with van der Waals surface area (Å²) in [6.45, 7) is 5.98. The van der Waals surface area contributed by atoms with E-state index in [2.05, 4.69) is 22.2 Å². The van der Waals surface area contributed by atoms with Crippen LogP contribution in [0.2, 0.25) is 0 Å². The number of amides is 3. The molecule has 2 rings (SSSR count). The van der Waals surface area contributed by atoms with Gasteiger partial charge in [-0.1, -0.05) is 32.0 Å². The van der Waals surface area contributed by atoms with E-state index in [9.17, 15) is 14.4 Å². The minimum absolute atomic E-state index is 0.0882. The second-order valence-electron chi connectivity index (χ2n) is 6.61. The van der Waals surface area contributed by atoms with Gasteiger partial charge >= 0.3 is 0 Å². The summed E-state index contributed by atoms with van der Waals surface area (Å²) in [5, 5.41) is 2.58. The lowest BCUT2D eigenvalue weighted by molar-refractivity contribution is -0.132. The molecule has 1 aliphatic heterocycles. The van der Waals surface area contributed by atoms with Crippen LogP contribution in [0.25, 0.3) is 0 Å². The van der Waals surface area contributed by atoms with Crippen LogP contribution in [0, 0.1) is 5.92 Å². The molecule has 1 aliphatic rings. The first kappa shape index (κ1) is 18.8. The molecule has 0 aromatic heterocycles. The van der Waals surface area contributed by atoms with Crippen LogP contribution in [0.1, 0.15) is 32.8 Å². The first-order valence-corrected chi connectivity index (χ1v) is 8.57. The molecule has 7 heteroatoms. The van der Waals surface area contributed by atoms with Gasteiger partial charge in [0.05, 0.1) is 6.54 Å². The smallest absolute Gasteiger partial charge is 0.261 e. The normalized spacial score (nSPS) is 14.5. The van der Waals surface area contributed by atoms with E-state index in [0.29, 0.717) is 0 Å². The van der Waals surface area contributed by atoms with Gasteiger partial charge in [0, 0.05) is 19.2 Å². The van der Waals surface area contributed by atoms with Crippen LogP contribution in [-0.4, -0.2) is 36.9 Å². The summed E-state index contributed by atoms with van der Waals surface area (Å²) < 4.78 is 0. The van der Waals surface area contributed by atoms with E-state index in [1.807, 2.05) is 36.9 Å². The van der Waals surface area contributed by atoms with Crippen LogP contribution in [0.5, 0.6) is 0 Å². The van der Waals surface area contributed by atoms with Crippen LogP contribution in [0.3, 0.4) is 0 Å². The molecule has 3 N–H and O–H groups in total. The number of anilines is 1. The predicted molar refractivity (Wildman–Crippen MR) is 95.7 cm³/mol. The molecular formula is C18H26N4O3. The van der Waals surface area contributed by atoms with Gasteiger partial charge in [0.15, 0.2) is 0 Å². The lowest BCUT2D eigenvalue weighted by Crippen LogP contribution is -2.55. The van der Waals surface area contributed by atoms with Crippen LogP contribution in [0.15, 0.2) is 24.3 Å². The Balaban J connectivity index is 1.89. The number of aryl methyl sites for hydroxylation is 1. The number of benzene rings is 1. The van der Waals surface area contributed by atoms with Gasteiger partial charge in [-0.25, -0.2) is 0 Å². The monoisotopic (exact) mass is 346 g/mol. The third kappa shape index (κ3) is 5.20. The average Bonchev–Trinajstić information content (AvgIpc) is 2.57. The molecule has 25 heavy (non-hydrogen) atoms. The van der Waals surface area contributed by atoms with Crippen molar-refractivity contribution in [2.24, 2.45) is 5.92 Å². The number of carbonyl (C=O) groups is 3. The van der Waals surface area contributed by atoms with Crippen LogP contribution >= 0.6 is 0 Å². The molecule has 1 aromatic carbocycles. The van der Waals surface area contributed by atoms with E-state index in [4.69, 9.17) is 0 Å². The number of hydrogen-bond donors (Lipinski definition) is 3.